The Balaban J connectivity index is 1.59. The second-order valence-corrected chi connectivity index (χ2v) is 11.8. The Morgan fingerprint density at radius 3 is 2.59 bits per heavy atom. The maximum Gasteiger partial charge on any atom is 0.390 e. The van der Waals surface area contributed by atoms with Crippen molar-refractivity contribution in [3.63, 3.8) is 0 Å². The Bertz CT molecular complexity index is 1430. The number of hydrogen-bond acceptors (Lipinski definition) is 7. The van der Waals surface area contributed by atoms with E-state index < -0.39 is 46.6 Å². The van der Waals surface area contributed by atoms with Crippen LogP contribution in [0.5, 0.6) is 0 Å². The molecule has 14 heteroatoms. The van der Waals surface area contributed by atoms with E-state index in [1.54, 1.807) is 12.3 Å². The summed E-state index contributed by atoms with van der Waals surface area (Å²) in [4.78, 5) is 13.6. The van der Waals surface area contributed by atoms with Crippen LogP contribution in [0.15, 0.2) is 30.5 Å². The Hall–Kier alpha value is -3.13. The molecule has 2 aromatic heterocycles. The molecule has 1 aliphatic heterocycles. The molecule has 39 heavy (non-hydrogen) atoms. The number of nitrogens with one attached hydrogen (secondary N) is 3. The van der Waals surface area contributed by atoms with Crippen LogP contribution >= 0.6 is 0 Å². The van der Waals surface area contributed by atoms with Gasteiger partial charge in [-0.3, -0.25) is 9.11 Å². The number of rotatable bonds is 9. The highest BCUT2D eigenvalue weighted by molar-refractivity contribution is 7.92. The molecule has 0 bridgehead atoms. The van der Waals surface area contributed by atoms with Crippen molar-refractivity contribution in [2.24, 2.45) is 5.92 Å². The quantitative estimate of drug-likeness (QED) is 0.310. The molecule has 0 amide bonds. The fourth-order valence-corrected chi connectivity index (χ4v) is 5.47. The topological polar surface area (TPSA) is 109 Å². The van der Waals surface area contributed by atoms with Gasteiger partial charge < -0.3 is 10.6 Å². The van der Waals surface area contributed by atoms with Crippen molar-refractivity contribution < 1.29 is 30.4 Å². The number of aromatic nitrogens is 3. The van der Waals surface area contributed by atoms with E-state index in [2.05, 4.69) is 25.6 Å². The number of nitrogens with zero attached hydrogens (tertiary/aromatic N) is 3. The van der Waals surface area contributed by atoms with Crippen molar-refractivity contribution >= 4 is 32.7 Å². The van der Waals surface area contributed by atoms with Gasteiger partial charge in [0.05, 0.1) is 41.9 Å². The molecular formula is C25H29F5N6O2S. The Labute approximate surface area is 222 Å². The van der Waals surface area contributed by atoms with Crippen LogP contribution in [0.3, 0.4) is 0 Å². The van der Waals surface area contributed by atoms with Gasteiger partial charge in [-0.05, 0) is 36.1 Å². The van der Waals surface area contributed by atoms with Crippen LogP contribution in [-0.4, -0.2) is 61.1 Å². The Kier molecular flexibility index (Phi) is 8.54. The zero-order valence-corrected chi connectivity index (χ0v) is 22.1. The van der Waals surface area contributed by atoms with Crippen molar-refractivity contribution in [1.29, 1.82) is 0 Å². The van der Waals surface area contributed by atoms with Crippen molar-refractivity contribution in [2.45, 2.75) is 44.8 Å². The SMILES string of the molecule is CC(C)c1cc(-c2ccc(NS(=O)(=O)CCC(F)(F)F)c(F)c2)nc2cnc(N[C@@H]3CNC[C@@H](CF)C3)nc12. The molecule has 0 aliphatic carbocycles. The highest BCUT2D eigenvalue weighted by Crippen LogP contribution is 2.31. The third-order valence-electron chi connectivity index (χ3n) is 6.38. The van der Waals surface area contributed by atoms with E-state index in [9.17, 15) is 30.4 Å². The van der Waals surface area contributed by atoms with E-state index >= 15 is 0 Å². The number of pyridine rings is 1. The minimum absolute atomic E-state index is 0.00817. The first-order valence-electron chi connectivity index (χ1n) is 12.4. The van der Waals surface area contributed by atoms with Crippen LogP contribution < -0.4 is 15.4 Å². The van der Waals surface area contributed by atoms with Crippen LogP contribution in [0.2, 0.25) is 0 Å². The minimum Gasteiger partial charge on any atom is -0.350 e. The average Bonchev–Trinajstić information content (AvgIpc) is 2.87. The molecule has 0 unspecified atom stereocenters. The lowest BCUT2D eigenvalue weighted by atomic mass is 9.97. The zero-order valence-electron chi connectivity index (χ0n) is 21.3. The average molecular weight is 573 g/mol. The maximum absolute atomic E-state index is 14.8. The lowest BCUT2D eigenvalue weighted by molar-refractivity contribution is -0.129. The summed E-state index contributed by atoms with van der Waals surface area (Å²) < 4.78 is 90.9. The summed E-state index contributed by atoms with van der Waals surface area (Å²) in [7, 11) is -4.40. The van der Waals surface area contributed by atoms with Gasteiger partial charge in [0.15, 0.2) is 0 Å². The lowest BCUT2D eigenvalue weighted by Crippen LogP contribution is -2.44. The first-order valence-corrected chi connectivity index (χ1v) is 14.1. The number of benzene rings is 1. The molecule has 1 aliphatic rings. The van der Waals surface area contributed by atoms with Gasteiger partial charge in [-0.25, -0.2) is 27.8 Å². The summed E-state index contributed by atoms with van der Waals surface area (Å²) in [5, 5.41) is 6.45. The normalized spacial score (nSPS) is 18.5. The molecule has 8 nitrogen and oxygen atoms in total. The molecule has 3 heterocycles. The minimum atomic E-state index is -4.65. The van der Waals surface area contributed by atoms with Gasteiger partial charge in [0.2, 0.25) is 16.0 Å². The molecule has 212 valence electrons. The highest BCUT2D eigenvalue weighted by Gasteiger charge is 2.30. The van der Waals surface area contributed by atoms with E-state index in [4.69, 9.17) is 0 Å². The molecule has 3 N–H and O–H groups in total. The second kappa shape index (κ2) is 11.5. The number of sulfonamides is 1. The van der Waals surface area contributed by atoms with Gasteiger partial charge in [0.1, 0.15) is 11.3 Å². The zero-order chi connectivity index (χ0) is 28.4. The molecular weight excluding hydrogens is 543 g/mol. The largest absolute Gasteiger partial charge is 0.390 e. The summed E-state index contributed by atoms with van der Waals surface area (Å²) in [5.41, 5.74) is 2.15. The molecule has 3 aromatic rings. The van der Waals surface area contributed by atoms with Crippen molar-refractivity contribution in [3.8, 4) is 11.3 Å². The standard InChI is InChI=1S/C25H29F5N6O2S/c1-14(2)18-9-21(16-3-4-20(19(27)8-16)36-39(37,38)6-5-25(28,29)30)34-22-13-32-24(35-23(18)22)33-17-7-15(10-26)11-31-12-17/h3-4,8-9,13-15,17,31,36H,5-7,10-12H2,1-2H3,(H,32,33,35)/t15-,17+/m1/s1. The number of halogens is 5. The van der Waals surface area contributed by atoms with Crippen molar-refractivity contribution in [3.05, 3.63) is 41.8 Å². The number of piperidine rings is 1. The molecule has 0 saturated carbocycles. The third kappa shape index (κ3) is 7.50. The monoisotopic (exact) mass is 572 g/mol. The molecule has 0 spiro atoms. The Morgan fingerprint density at radius 2 is 1.92 bits per heavy atom. The second-order valence-electron chi connectivity index (χ2n) is 9.92. The summed E-state index contributed by atoms with van der Waals surface area (Å²) in [6, 6.07) is 5.36. The number of anilines is 2. The van der Waals surface area contributed by atoms with E-state index in [0.717, 1.165) is 17.7 Å². The smallest absolute Gasteiger partial charge is 0.350 e. The molecule has 1 aromatic carbocycles. The van der Waals surface area contributed by atoms with E-state index in [1.807, 2.05) is 18.6 Å². The summed E-state index contributed by atoms with van der Waals surface area (Å²) in [6.07, 6.45) is -4.00. The lowest BCUT2D eigenvalue weighted by Gasteiger charge is -2.29. The van der Waals surface area contributed by atoms with Gasteiger partial charge in [0.25, 0.3) is 0 Å². The predicted molar refractivity (Wildman–Crippen MR) is 139 cm³/mol. The van der Waals surface area contributed by atoms with Crippen LogP contribution in [-0.2, 0) is 10.0 Å². The van der Waals surface area contributed by atoms with Crippen molar-refractivity contribution in [2.75, 3.05) is 35.6 Å². The molecule has 0 radical (unpaired) electrons. The fraction of sp³-hybridized carbons (Fsp3) is 0.480. The summed E-state index contributed by atoms with van der Waals surface area (Å²) in [6.45, 7) is 4.81. The molecule has 2 atom stereocenters. The number of alkyl halides is 4. The maximum atomic E-state index is 14.8. The fourth-order valence-electron chi connectivity index (χ4n) is 4.37. The van der Waals surface area contributed by atoms with Crippen LogP contribution in [0.1, 0.15) is 38.2 Å². The van der Waals surface area contributed by atoms with Crippen LogP contribution in [0.4, 0.5) is 33.6 Å². The van der Waals surface area contributed by atoms with Gasteiger partial charge >= 0.3 is 6.18 Å². The van der Waals surface area contributed by atoms with Gasteiger partial charge in [-0.1, -0.05) is 19.9 Å². The highest BCUT2D eigenvalue weighted by atomic mass is 32.2. The molecule has 1 fully saturated rings. The van der Waals surface area contributed by atoms with Gasteiger partial charge in [0, 0.05) is 30.6 Å². The number of hydrogen-bond donors (Lipinski definition) is 3. The van der Waals surface area contributed by atoms with E-state index in [-0.39, 0.29) is 17.9 Å². The first-order chi connectivity index (χ1) is 18.3. The summed E-state index contributed by atoms with van der Waals surface area (Å²) in [5.74, 6) is -1.85. The van der Waals surface area contributed by atoms with Gasteiger partial charge in [-0.2, -0.15) is 13.2 Å². The predicted octanol–water partition coefficient (Wildman–Crippen LogP) is 5.01. The molecule has 4 rings (SSSR count). The third-order valence-corrected chi connectivity index (χ3v) is 7.65. The molecule has 1 saturated heterocycles. The number of fused-ring (bicyclic) bond motifs is 1. The van der Waals surface area contributed by atoms with Crippen LogP contribution in [0, 0.1) is 11.7 Å². The van der Waals surface area contributed by atoms with Crippen molar-refractivity contribution in [1.82, 2.24) is 20.3 Å². The Morgan fingerprint density at radius 1 is 1.15 bits per heavy atom. The summed E-state index contributed by atoms with van der Waals surface area (Å²) >= 11 is 0. The first kappa shape index (κ1) is 28.9. The van der Waals surface area contributed by atoms with E-state index in [1.165, 1.54) is 6.07 Å². The van der Waals surface area contributed by atoms with Gasteiger partial charge in [-0.15, -0.1) is 0 Å². The van der Waals surface area contributed by atoms with Crippen LogP contribution in [0.25, 0.3) is 22.3 Å². The van der Waals surface area contributed by atoms with E-state index in [0.29, 0.717) is 47.7 Å².